The number of ether oxygens (including phenoxy) is 1. The smallest absolute Gasteiger partial charge is 0.255 e. The topological polar surface area (TPSA) is 111 Å². The average molecular weight is 616 g/mol. The largest absolute Gasteiger partial charge is 0.491 e. The van der Waals surface area contributed by atoms with E-state index in [0.717, 1.165) is 11.1 Å². The number of piperazine rings is 1. The molecule has 5 rings (SSSR count). The normalized spacial score (nSPS) is 20.4. The number of para-hydroxylation sites is 1. The van der Waals surface area contributed by atoms with E-state index in [-0.39, 0.29) is 49.2 Å². The van der Waals surface area contributed by atoms with Gasteiger partial charge in [-0.05, 0) is 35.4 Å². The van der Waals surface area contributed by atoms with Crippen LogP contribution in [0.5, 0.6) is 5.75 Å². The molecule has 2 heterocycles. The summed E-state index contributed by atoms with van der Waals surface area (Å²) in [6.07, 6.45) is -0.0773. The van der Waals surface area contributed by atoms with Gasteiger partial charge in [-0.25, -0.2) is 4.39 Å². The summed E-state index contributed by atoms with van der Waals surface area (Å²) in [7, 11) is 1.64. The van der Waals surface area contributed by atoms with Gasteiger partial charge in [-0.2, -0.15) is 0 Å². The molecule has 2 N–H and O–H groups in total. The van der Waals surface area contributed by atoms with E-state index >= 15 is 0 Å². The summed E-state index contributed by atoms with van der Waals surface area (Å²) in [4.78, 5) is 59.6. The summed E-state index contributed by atoms with van der Waals surface area (Å²) in [5.41, 5.74) is 2.07. The van der Waals surface area contributed by atoms with Crippen LogP contribution in [0.2, 0.25) is 0 Å². The molecule has 0 unspecified atom stereocenters. The number of rotatable bonds is 5. The molecule has 2 atom stereocenters. The van der Waals surface area contributed by atoms with Gasteiger partial charge in [0, 0.05) is 46.2 Å². The third-order valence-electron chi connectivity index (χ3n) is 8.10. The quantitative estimate of drug-likeness (QED) is 0.456. The Morgan fingerprint density at radius 2 is 1.53 bits per heavy atom. The van der Waals surface area contributed by atoms with Crippen molar-refractivity contribution in [3.63, 3.8) is 0 Å². The Bertz CT molecular complexity index is 1490. The van der Waals surface area contributed by atoms with Crippen molar-refractivity contribution >= 4 is 23.6 Å². The van der Waals surface area contributed by atoms with Crippen LogP contribution in [0.25, 0.3) is 0 Å². The molecular formula is C34H38FN5O5. The lowest BCUT2D eigenvalue weighted by Gasteiger charge is -2.36. The first-order valence-electron chi connectivity index (χ1n) is 15.1. The molecule has 0 bridgehead atoms. The maximum Gasteiger partial charge on any atom is 0.255 e. The van der Waals surface area contributed by atoms with E-state index in [1.165, 1.54) is 17.0 Å². The summed E-state index contributed by atoms with van der Waals surface area (Å²) in [5, 5.41) is 5.61. The zero-order valence-electron chi connectivity index (χ0n) is 25.3. The van der Waals surface area contributed by atoms with E-state index in [1.54, 1.807) is 48.3 Å². The Morgan fingerprint density at radius 3 is 2.27 bits per heavy atom. The van der Waals surface area contributed by atoms with Gasteiger partial charge in [-0.3, -0.25) is 24.1 Å². The first-order chi connectivity index (χ1) is 21.8. The van der Waals surface area contributed by atoms with Gasteiger partial charge in [0.15, 0.2) is 0 Å². The van der Waals surface area contributed by atoms with Crippen molar-refractivity contribution in [2.24, 2.45) is 0 Å². The second-order valence-electron chi connectivity index (χ2n) is 11.4. The standard InChI is InChI=1S/C34H38FN5O5/c1-38-19-20-45-30-10-6-5-9-27(30)32(42)37-29(22-31(41)36-28(33(38)43)21-24-7-3-2-4-8-24)34(44)40-17-15-39(16-18-40)23-25-11-13-26(35)14-12-25/h2-14,28-29H,15-23H2,1H3,(H,36,41)(H,37,42)/t28-,29+/m1/s1. The molecule has 236 valence electrons. The summed E-state index contributed by atoms with van der Waals surface area (Å²) in [6.45, 7) is 2.93. The highest BCUT2D eigenvalue weighted by molar-refractivity contribution is 6.01. The Labute approximate surface area is 262 Å². The van der Waals surface area contributed by atoms with Crippen molar-refractivity contribution in [2.45, 2.75) is 31.5 Å². The maximum atomic E-state index is 13.9. The van der Waals surface area contributed by atoms with Crippen LogP contribution in [0.15, 0.2) is 78.9 Å². The number of carbonyl (C=O) groups excluding carboxylic acids is 4. The maximum absolute atomic E-state index is 13.9. The Kier molecular flexibility index (Phi) is 10.4. The predicted octanol–water partition coefficient (Wildman–Crippen LogP) is 2.24. The van der Waals surface area contributed by atoms with Crippen LogP contribution >= 0.6 is 0 Å². The molecule has 3 aromatic carbocycles. The monoisotopic (exact) mass is 615 g/mol. The fourth-order valence-corrected chi connectivity index (χ4v) is 5.57. The molecule has 45 heavy (non-hydrogen) atoms. The molecule has 0 radical (unpaired) electrons. The van der Waals surface area contributed by atoms with Gasteiger partial charge in [0.1, 0.15) is 30.3 Å². The van der Waals surface area contributed by atoms with Crippen LogP contribution in [0.4, 0.5) is 4.39 Å². The van der Waals surface area contributed by atoms with Gasteiger partial charge in [0.25, 0.3) is 5.91 Å². The van der Waals surface area contributed by atoms with E-state index in [1.807, 2.05) is 30.3 Å². The van der Waals surface area contributed by atoms with Gasteiger partial charge in [-0.15, -0.1) is 0 Å². The number of amides is 4. The molecule has 10 nitrogen and oxygen atoms in total. The fourth-order valence-electron chi connectivity index (χ4n) is 5.57. The second-order valence-corrected chi connectivity index (χ2v) is 11.4. The Hall–Kier alpha value is -4.77. The van der Waals surface area contributed by atoms with Crippen LogP contribution in [0.3, 0.4) is 0 Å². The minimum atomic E-state index is -1.16. The van der Waals surface area contributed by atoms with Gasteiger partial charge in [-0.1, -0.05) is 54.6 Å². The lowest BCUT2D eigenvalue weighted by Crippen LogP contribution is -2.56. The zero-order chi connectivity index (χ0) is 31.8. The van der Waals surface area contributed by atoms with E-state index in [9.17, 15) is 23.6 Å². The highest BCUT2D eigenvalue weighted by Crippen LogP contribution is 2.19. The van der Waals surface area contributed by atoms with Crippen molar-refractivity contribution in [2.75, 3.05) is 46.4 Å². The van der Waals surface area contributed by atoms with Gasteiger partial charge in [0.05, 0.1) is 18.5 Å². The number of hydrogen-bond donors (Lipinski definition) is 2. The molecule has 2 aliphatic rings. The number of halogens is 1. The SMILES string of the molecule is CN1CCOc2ccccc2C(=O)N[C@H](C(=O)N2CCN(Cc3ccc(F)cc3)CC2)CC(=O)N[C@H](Cc2ccccc2)C1=O. The first-order valence-corrected chi connectivity index (χ1v) is 15.1. The van der Waals surface area contributed by atoms with E-state index in [4.69, 9.17) is 4.74 Å². The van der Waals surface area contributed by atoms with Gasteiger partial charge in [0.2, 0.25) is 17.7 Å². The second kappa shape index (κ2) is 14.8. The molecule has 0 aromatic heterocycles. The highest BCUT2D eigenvalue weighted by atomic mass is 19.1. The number of carbonyl (C=O) groups is 4. The van der Waals surface area contributed by atoms with Crippen LogP contribution in [0.1, 0.15) is 27.9 Å². The Morgan fingerprint density at radius 1 is 0.844 bits per heavy atom. The summed E-state index contributed by atoms with van der Waals surface area (Å²) < 4.78 is 19.2. The summed E-state index contributed by atoms with van der Waals surface area (Å²) >= 11 is 0. The molecule has 0 aliphatic carbocycles. The number of nitrogens with zero attached hydrogens (tertiary/aromatic N) is 3. The average Bonchev–Trinajstić information content (AvgIpc) is 3.05. The van der Waals surface area contributed by atoms with E-state index < -0.39 is 23.9 Å². The molecule has 1 saturated heterocycles. The fraction of sp³-hybridized carbons (Fsp3) is 0.353. The van der Waals surface area contributed by atoms with Gasteiger partial charge < -0.3 is 25.2 Å². The van der Waals surface area contributed by atoms with Crippen molar-refractivity contribution in [1.29, 1.82) is 0 Å². The molecule has 0 saturated carbocycles. The van der Waals surface area contributed by atoms with Crippen molar-refractivity contribution in [3.05, 3.63) is 101 Å². The highest BCUT2D eigenvalue weighted by Gasteiger charge is 2.33. The Balaban J connectivity index is 1.34. The predicted molar refractivity (Wildman–Crippen MR) is 166 cm³/mol. The van der Waals surface area contributed by atoms with Crippen LogP contribution in [0, 0.1) is 5.82 Å². The molecule has 1 fully saturated rings. The lowest BCUT2D eigenvalue weighted by molar-refractivity contribution is -0.138. The molecule has 4 amide bonds. The van der Waals surface area contributed by atoms with Crippen molar-refractivity contribution < 1.29 is 28.3 Å². The van der Waals surface area contributed by atoms with Gasteiger partial charge >= 0.3 is 0 Å². The molecular weight excluding hydrogens is 577 g/mol. The van der Waals surface area contributed by atoms with Crippen molar-refractivity contribution in [3.8, 4) is 5.75 Å². The van der Waals surface area contributed by atoms with Crippen LogP contribution in [-0.4, -0.2) is 96.8 Å². The molecule has 2 aliphatic heterocycles. The van der Waals surface area contributed by atoms with Crippen molar-refractivity contribution in [1.82, 2.24) is 25.3 Å². The lowest BCUT2D eigenvalue weighted by atomic mass is 10.0. The number of likely N-dealkylation sites (N-methyl/N-ethyl adjacent to an activating group) is 1. The molecule has 3 aromatic rings. The summed E-state index contributed by atoms with van der Waals surface area (Å²) in [6, 6.07) is 20.3. The third-order valence-corrected chi connectivity index (χ3v) is 8.10. The third kappa shape index (κ3) is 8.45. The van der Waals surface area contributed by atoms with Crippen LogP contribution in [-0.2, 0) is 27.3 Å². The van der Waals surface area contributed by atoms with Crippen LogP contribution < -0.4 is 15.4 Å². The zero-order valence-corrected chi connectivity index (χ0v) is 25.3. The number of nitrogens with one attached hydrogen (secondary N) is 2. The van der Waals surface area contributed by atoms with E-state index in [0.29, 0.717) is 38.5 Å². The molecule has 11 heteroatoms. The minimum absolute atomic E-state index is 0.128. The summed E-state index contributed by atoms with van der Waals surface area (Å²) in [5.74, 6) is -1.69. The number of fused-ring (bicyclic) bond motifs is 1. The van der Waals surface area contributed by atoms with E-state index in [2.05, 4.69) is 15.5 Å². The number of hydrogen-bond acceptors (Lipinski definition) is 6. The molecule has 0 spiro atoms. The first kappa shape index (κ1) is 31.6. The number of benzene rings is 3. The minimum Gasteiger partial charge on any atom is -0.491 e.